The van der Waals surface area contributed by atoms with E-state index in [2.05, 4.69) is 33.1 Å². The summed E-state index contributed by atoms with van der Waals surface area (Å²) in [5, 5.41) is 7.70. The number of nitrogen functional groups attached to an aromatic ring is 1. The molecule has 0 bridgehead atoms. The standard InChI is InChI=1S/C12H13BrClN3/c1-2-4-8-11(16-17-12(8)15)7-5-3-6-9(13)10(7)14/h3,5-6H,2,4H2,1H3,(H3,15,16,17). The third-order valence-electron chi connectivity index (χ3n) is 2.62. The number of nitrogens with two attached hydrogens (primary N) is 1. The monoisotopic (exact) mass is 313 g/mol. The molecule has 0 spiro atoms. The van der Waals surface area contributed by atoms with Crippen molar-refractivity contribution in [3.8, 4) is 11.3 Å². The SMILES string of the molecule is CCCc1c(N)n[nH]c1-c1cccc(Br)c1Cl. The summed E-state index contributed by atoms with van der Waals surface area (Å²) in [4.78, 5) is 0. The first kappa shape index (κ1) is 12.5. The molecule has 17 heavy (non-hydrogen) atoms. The summed E-state index contributed by atoms with van der Waals surface area (Å²) in [5.41, 5.74) is 8.73. The summed E-state index contributed by atoms with van der Waals surface area (Å²) in [6, 6.07) is 5.81. The molecule has 3 nitrogen and oxygen atoms in total. The Balaban J connectivity index is 2.56. The van der Waals surface area contributed by atoms with Crippen LogP contribution in [-0.2, 0) is 6.42 Å². The van der Waals surface area contributed by atoms with Crippen molar-refractivity contribution >= 4 is 33.3 Å². The molecule has 0 radical (unpaired) electrons. The summed E-state index contributed by atoms with van der Waals surface area (Å²) in [7, 11) is 0. The number of H-pyrrole nitrogens is 1. The number of rotatable bonds is 3. The number of anilines is 1. The zero-order chi connectivity index (χ0) is 12.4. The fourth-order valence-corrected chi connectivity index (χ4v) is 2.39. The largest absolute Gasteiger partial charge is 0.382 e. The van der Waals surface area contributed by atoms with Crippen LogP contribution in [0.5, 0.6) is 0 Å². The predicted molar refractivity (Wildman–Crippen MR) is 75.1 cm³/mol. The maximum absolute atomic E-state index is 6.27. The minimum Gasteiger partial charge on any atom is -0.382 e. The van der Waals surface area contributed by atoms with Gasteiger partial charge in [-0.25, -0.2) is 0 Å². The van der Waals surface area contributed by atoms with Crippen molar-refractivity contribution in [2.45, 2.75) is 19.8 Å². The van der Waals surface area contributed by atoms with Crippen LogP contribution in [0.15, 0.2) is 22.7 Å². The van der Waals surface area contributed by atoms with E-state index in [1.54, 1.807) is 0 Å². The molecule has 0 saturated heterocycles. The van der Waals surface area contributed by atoms with Crippen molar-refractivity contribution in [2.24, 2.45) is 0 Å². The van der Waals surface area contributed by atoms with Crippen LogP contribution < -0.4 is 5.73 Å². The number of aromatic amines is 1. The molecule has 0 fully saturated rings. The molecule has 5 heteroatoms. The van der Waals surface area contributed by atoms with Gasteiger partial charge in [-0.3, -0.25) is 5.10 Å². The highest BCUT2D eigenvalue weighted by Gasteiger charge is 2.15. The van der Waals surface area contributed by atoms with Crippen LogP contribution in [0.3, 0.4) is 0 Å². The first-order valence-corrected chi connectivity index (χ1v) is 6.59. The second-order valence-corrected chi connectivity index (χ2v) is 5.05. The quantitative estimate of drug-likeness (QED) is 0.898. The van der Waals surface area contributed by atoms with Gasteiger partial charge < -0.3 is 5.73 Å². The van der Waals surface area contributed by atoms with Gasteiger partial charge in [0.15, 0.2) is 0 Å². The van der Waals surface area contributed by atoms with Crippen molar-refractivity contribution in [3.05, 3.63) is 33.3 Å². The van der Waals surface area contributed by atoms with E-state index < -0.39 is 0 Å². The number of nitrogens with one attached hydrogen (secondary N) is 1. The third-order valence-corrected chi connectivity index (χ3v) is 3.92. The average molecular weight is 315 g/mol. The summed E-state index contributed by atoms with van der Waals surface area (Å²) in [5.74, 6) is 0.554. The van der Waals surface area contributed by atoms with E-state index in [1.807, 2.05) is 18.2 Å². The van der Waals surface area contributed by atoms with Crippen molar-refractivity contribution in [1.82, 2.24) is 10.2 Å². The Bertz CT molecular complexity index is 537. The van der Waals surface area contributed by atoms with Gasteiger partial charge in [-0.05, 0) is 28.4 Å². The molecule has 1 heterocycles. The number of aromatic nitrogens is 2. The fourth-order valence-electron chi connectivity index (χ4n) is 1.80. The van der Waals surface area contributed by atoms with E-state index in [-0.39, 0.29) is 0 Å². The number of hydrogen-bond acceptors (Lipinski definition) is 2. The third kappa shape index (κ3) is 2.33. The molecular formula is C12H13BrClN3. The maximum Gasteiger partial charge on any atom is 0.149 e. The Hall–Kier alpha value is -1.000. The molecule has 90 valence electrons. The number of hydrogen-bond donors (Lipinski definition) is 2. The van der Waals surface area contributed by atoms with Crippen LogP contribution in [0.2, 0.25) is 5.02 Å². The number of nitrogens with zero attached hydrogens (tertiary/aromatic N) is 1. The van der Waals surface area contributed by atoms with Gasteiger partial charge in [0.05, 0.1) is 10.7 Å². The maximum atomic E-state index is 6.27. The van der Waals surface area contributed by atoms with E-state index in [1.165, 1.54) is 0 Å². The normalized spacial score (nSPS) is 10.8. The Morgan fingerprint density at radius 1 is 1.47 bits per heavy atom. The molecule has 0 saturated carbocycles. The molecule has 1 aromatic heterocycles. The molecule has 0 aliphatic heterocycles. The van der Waals surface area contributed by atoms with Gasteiger partial charge in [0.25, 0.3) is 0 Å². The van der Waals surface area contributed by atoms with Gasteiger partial charge in [0.2, 0.25) is 0 Å². The second-order valence-electron chi connectivity index (χ2n) is 3.81. The Morgan fingerprint density at radius 3 is 2.94 bits per heavy atom. The lowest BCUT2D eigenvalue weighted by Gasteiger charge is -2.06. The van der Waals surface area contributed by atoms with E-state index >= 15 is 0 Å². The van der Waals surface area contributed by atoms with Gasteiger partial charge in [-0.15, -0.1) is 0 Å². The summed E-state index contributed by atoms with van der Waals surface area (Å²) in [6.07, 6.45) is 1.91. The molecular weight excluding hydrogens is 302 g/mol. The number of benzene rings is 1. The van der Waals surface area contributed by atoms with Gasteiger partial charge in [0, 0.05) is 15.6 Å². The lowest BCUT2D eigenvalue weighted by molar-refractivity contribution is 0.927. The van der Waals surface area contributed by atoms with Crippen LogP contribution in [0.1, 0.15) is 18.9 Å². The van der Waals surface area contributed by atoms with Crippen molar-refractivity contribution < 1.29 is 0 Å². The average Bonchev–Trinajstić information content (AvgIpc) is 2.66. The fraction of sp³-hybridized carbons (Fsp3) is 0.250. The Morgan fingerprint density at radius 2 is 2.24 bits per heavy atom. The van der Waals surface area contributed by atoms with Crippen LogP contribution in [-0.4, -0.2) is 10.2 Å². The minimum absolute atomic E-state index is 0.554. The molecule has 0 atom stereocenters. The molecule has 0 aliphatic carbocycles. The van der Waals surface area contributed by atoms with Gasteiger partial charge in [-0.2, -0.15) is 5.10 Å². The molecule has 0 amide bonds. The zero-order valence-corrected chi connectivity index (χ0v) is 11.8. The Kier molecular flexibility index (Phi) is 3.74. The summed E-state index contributed by atoms with van der Waals surface area (Å²) in [6.45, 7) is 2.11. The number of halogens is 2. The van der Waals surface area contributed by atoms with Gasteiger partial charge >= 0.3 is 0 Å². The van der Waals surface area contributed by atoms with Crippen molar-refractivity contribution in [3.63, 3.8) is 0 Å². The predicted octanol–water partition coefficient (Wildman–Crippen LogP) is 4.03. The highest BCUT2D eigenvalue weighted by Crippen LogP contribution is 2.35. The lowest BCUT2D eigenvalue weighted by Crippen LogP contribution is -1.93. The van der Waals surface area contributed by atoms with Crippen LogP contribution >= 0.6 is 27.5 Å². The van der Waals surface area contributed by atoms with Crippen LogP contribution in [0.4, 0.5) is 5.82 Å². The van der Waals surface area contributed by atoms with E-state index in [0.717, 1.165) is 34.1 Å². The summed E-state index contributed by atoms with van der Waals surface area (Å²) < 4.78 is 0.868. The van der Waals surface area contributed by atoms with Crippen molar-refractivity contribution in [1.29, 1.82) is 0 Å². The van der Waals surface area contributed by atoms with E-state index in [4.69, 9.17) is 17.3 Å². The molecule has 2 rings (SSSR count). The zero-order valence-electron chi connectivity index (χ0n) is 9.43. The van der Waals surface area contributed by atoms with E-state index in [0.29, 0.717) is 10.8 Å². The summed E-state index contributed by atoms with van der Waals surface area (Å²) >= 11 is 9.69. The second kappa shape index (κ2) is 5.10. The minimum atomic E-state index is 0.554. The van der Waals surface area contributed by atoms with E-state index in [9.17, 15) is 0 Å². The van der Waals surface area contributed by atoms with Crippen LogP contribution in [0, 0.1) is 0 Å². The highest BCUT2D eigenvalue weighted by molar-refractivity contribution is 9.10. The van der Waals surface area contributed by atoms with Gasteiger partial charge in [-0.1, -0.05) is 37.1 Å². The smallest absolute Gasteiger partial charge is 0.149 e. The molecule has 0 aliphatic rings. The highest BCUT2D eigenvalue weighted by atomic mass is 79.9. The lowest BCUT2D eigenvalue weighted by atomic mass is 10.0. The van der Waals surface area contributed by atoms with Crippen molar-refractivity contribution in [2.75, 3.05) is 5.73 Å². The topological polar surface area (TPSA) is 54.7 Å². The van der Waals surface area contributed by atoms with Crippen LogP contribution in [0.25, 0.3) is 11.3 Å². The molecule has 3 N–H and O–H groups in total. The Labute approximate surface area is 113 Å². The molecule has 0 unspecified atom stereocenters. The van der Waals surface area contributed by atoms with Gasteiger partial charge in [0.1, 0.15) is 5.82 Å². The molecule has 2 aromatic rings. The molecule has 1 aromatic carbocycles. The first-order chi connectivity index (χ1) is 8.15. The first-order valence-electron chi connectivity index (χ1n) is 5.42.